The maximum absolute atomic E-state index is 4.93. The lowest BCUT2D eigenvalue weighted by Gasteiger charge is -2.26. The Hall–Kier alpha value is -1.88. The Morgan fingerprint density at radius 2 is 1.50 bits per heavy atom. The number of hydrogen-bond acceptors (Lipinski definition) is 5. The van der Waals surface area contributed by atoms with Gasteiger partial charge in [-0.3, -0.25) is 0 Å². The number of hydrogen-bond donors (Lipinski definition) is 1. The van der Waals surface area contributed by atoms with Crippen molar-refractivity contribution in [1.82, 2.24) is 14.9 Å². The van der Waals surface area contributed by atoms with E-state index in [9.17, 15) is 0 Å². The SMILES string of the molecule is c1ccc2c(N3CCCCCC3)nc(NCCN3CCCCC3)nc2c1. The third kappa shape index (κ3) is 4.26. The van der Waals surface area contributed by atoms with Gasteiger partial charge in [0.15, 0.2) is 0 Å². The summed E-state index contributed by atoms with van der Waals surface area (Å²) in [4.78, 5) is 14.7. The number of fused-ring (bicyclic) bond motifs is 1. The van der Waals surface area contributed by atoms with Crippen LogP contribution in [0.4, 0.5) is 11.8 Å². The van der Waals surface area contributed by atoms with Gasteiger partial charge in [-0.15, -0.1) is 0 Å². The number of para-hydroxylation sites is 1. The minimum absolute atomic E-state index is 0.778. The van der Waals surface area contributed by atoms with E-state index in [1.54, 1.807) is 0 Å². The fourth-order valence-corrected chi connectivity index (χ4v) is 4.17. The van der Waals surface area contributed by atoms with Crippen molar-refractivity contribution in [2.45, 2.75) is 44.9 Å². The zero-order valence-corrected chi connectivity index (χ0v) is 15.8. The van der Waals surface area contributed by atoms with Crippen molar-refractivity contribution in [3.05, 3.63) is 24.3 Å². The molecule has 4 rings (SSSR count). The van der Waals surface area contributed by atoms with Crippen LogP contribution in [0.2, 0.25) is 0 Å². The molecule has 140 valence electrons. The van der Waals surface area contributed by atoms with E-state index in [1.807, 2.05) is 0 Å². The highest BCUT2D eigenvalue weighted by molar-refractivity contribution is 5.90. The molecule has 2 saturated heterocycles. The van der Waals surface area contributed by atoms with Gasteiger partial charge in [0.1, 0.15) is 5.82 Å². The lowest BCUT2D eigenvalue weighted by atomic mass is 10.1. The number of benzene rings is 1. The van der Waals surface area contributed by atoms with E-state index in [0.29, 0.717) is 0 Å². The van der Waals surface area contributed by atoms with Crippen molar-refractivity contribution in [3.8, 4) is 0 Å². The van der Waals surface area contributed by atoms with Crippen LogP contribution < -0.4 is 10.2 Å². The van der Waals surface area contributed by atoms with Gasteiger partial charge in [0, 0.05) is 31.6 Å². The van der Waals surface area contributed by atoms with E-state index in [-0.39, 0.29) is 0 Å². The van der Waals surface area contributed by atoms with Crippen LogP contribution >= 0.6 is 0 Å². The second kappa shape index (κ2) is 8.67. The van der Waals surface area contributed by atoms with Gasteiger partial charge in [-0.05, 0) is 50.9 Å². The first-order chi connectivity index (χ1) is 12.9. The monoisotopic (exact) mass is 353 g/mol. The molecule has 2 aromatic rings. The molecule has 2 aliphatic heterocycles. The Morgan fingerprint density at radius 3 is 2.31 bits per heavy atom. The van der Waals surface area contributed by atoms with Crippen molar-refractivity contribution in [2.24, 2.45) is 0 Å². The molecule has 0 aliphatic carbocycles. The summed E-state index contributed by atoms with van der Waals surface area (Å²) in [6.45, 7) is 6.67. The average molecular weight is 354 g/mol. The Labute approximate surface area is 156 Å². The predicted octanol–water partition coefficient (Wildman–Crippen LogP) is 3.91. The molecule has 5 heteroatoms. The molecule has 2 fully saturated rings. The summed E-state index contributed by atoms with van der Waals surface area (Å²) >= 11 is 0. The highest BCUT2D eigenvalue weighted by atomic mass is 15.2. The molecule has 1 aromatic carbocycles. The summed E-state index contributed by atoms with van der Waals surface area (Å²) in [6.07, 6.45) is 9.25. The Kier molecular flexibility index (Phi) is 5.85. The standard InChI is InChI=1S/C21H31N5/c1-2-9-16-26(15-8-1)20-18-10-4-5-11-19(18)23-21(24-20)22-12-17-25-13-6-3-7-14-25/h4-5,10-11H,1-3,6-9,12-17H2,(H,22,23,24). The van der Waals surface area contributed by atoms with Crippen LogP contribution in [0, 0.1) is 0 Å². The number of anilines is 2. The van der Waals surface area contributed by atoms with Gasteiger partial charge in [0.25, 0.3) is 0 Å². The molecule has 0 spiro atoms. The molecule has 0 unspecified atom stereocenters. The second-order valence-electron chi connectivity index (χ2n) is 7.62. The van der Waals surface area contributed by atoms with Crippen molar-refractivity contribution in [2.75, 3.05) is 49.5 Å². The van der Waals surface area contributed by atoms with Gasteiger partial charge < -0.3 is 15.1 Å². The van der Waals surface area contributed by atoms with Gasteiger partial charge >= 0.3 is 0 Å². The van der Waals surface area contributed by atoms with Gasteiger partial charge in [-0.1, -0.05) is 31.4 Å². The van der Waals surface area contributed by atoms with E-state index >= 15 is 0 Å². The highest BCUT2D eigenvalue weighted by Gasteiger charge is 2.16. The largest absolute Gasteiger partial charge is 0.356 e. The van der Waals surface area contributed by atoms with Crippen molar-refractivity contribution in [1.29, 1.82) is 0 Å². The Bertz CT molecular complexity index is 703. The summed E-state index contributed by atoms with van der Waals surface area (Å²) < 4.78 is 0. The number of rotatable bonds is 5. The predicted molar refractivity (Wildman–Crippen MR) is 109 cm³/mol. The zero-order valence-electron chi connectivity index (χ0n) is 15.8. The van der Waals surface area contributed by atoms with Crippen LogP contribution in [0.5, 0.6) is 0 Å². The Morgan fingerprint density at radius 1 is 0.808 bits per heavy atom. The molecule has 0 bridgehead atoms. The normalized spacial score (nSPS) is 19.5. The van der Waals surface area contributed by atoms with Crippen molar-refractivity contribution < 1.29 is 0 Å². The summed E-state index contributed by atoms with van der Waals surface area (Å²) in [5.74, 6) is 1.89. The van der Waals surface area contributed by atoms with E-state index in [1.165, 1.54) is 63.4 Å². The van der Waals surface area contributed by atoms with Gasteiger partial charge in [-0.25, -0.2) is 4.98 Å². The fourth-order valence-electron chi connectivity index (χ4n) is 4.17. The lowest BCUT2D eigenvalue weighted by Crippen LogP contribution is -2.34. The first-order valence-electron chi connectivity index (χ1n) is 10.4. The van der Waals surface area contributed by atoms with Gasteiger partial charge in [-0.2, -0.15) is 4.98 Å². The van der Waals surface area contributed by atoms with Gasteiger partial charge in [0.05, 0.1) is 5.52 Å². The minimum Gasteiger partial charge on any atom is -0.356 e. The lowest BCUT2D eigenvalue weighted by molar-refractivity contribution is 0.237. The maximum Gasteiger partial charge on any atom is 0.225 e. The molecule has 0 amide bonds. The van der Waals surface area contributed by atoms with Crippen LogP contribution in [0.25, 0.3) is 10.9 Å². The molecule has 2 aliphatic rings. The van der Waals surface area contributed by atoms with Crippen molar-refractivity contribution >= 4 is 22.7 Å². The van der Waals surface area contributed by atoms with Gasteiger partial charge in [0.2, 0.25) is 5.95 Å². The number of piperidine rings is 1. The van der Waals surface area contributed by atoms with Crippen molar-refractivity contribution in [3.63, 3.8) is 0 Å². The number of likely N-dealkylation sites (tertiary alicyclic amines) is 1. The first kappa shape index (κ1) is 17.5. The summed E-state index contributed by atoms with van der Waals surface area (Å²) in [7, 11) is 0. The molecule has 5 nitrogen and oxygen atoms in total. The summed E-state index contributed by atoms with van der Waals surface area (Å²) in [6, 6.07) is 8.43. The summed E-state index contributed by atoms with van der Waals surface area (Å²) in [5.41, 5.74) is 1.04. The quantitative estimate of drug-likeness (QED) is 0.883. The molecule has 1 N–H and O–H groups in total. The second-order valence-corrected chi connectivity index (χ2v) is 7.62. The highest BCUT2D eigenvalue weighted by Crippen LogP contribution is 2.27. The first-order valence-corrected chi connectivity index (χ1v) is 10.4. The van der Waals surface area contributed by atoms with Crippen LogP contribution in [-0.4, -0.2) is 54.1 Å². The maximum atomic E-state index is 4.93. The van der Waals surface area contributed by atoms with E-state index in [4.69, 9.17) is 9.97 Å². The molecule has 0 atom stereocenters. The van der Waals surface area contributed by atoms with Crippen LogP contribution in [0.3, 0.4) is 0 Å². The van der Waals surface area contributed by atoms with E-state index < -0.39 is 0 Å². The molecular formula is C21H31N5. The average Bonchev–Trinajstić information content (AvgIpc) is 2.98. The van der Waals surface area contributed by atoms with E-state index in [0.717, 1.165) is 43.5 Å². The molecule has 1 aromatic heterocycles. The number of nitrogens with one attached hydrogen (secondary N) is 1. The molecule has 0 radical (unpaired) electrons. The zero-order chi connectivity index (χ0) is 17.6. The minimum atomic E-state index is 0.778. The molecule has 26 heavy (non-hydrogen) atoms. The third-order valence-electron chi connectivity index (χ3n) is 5.65. The van der Waals surface area contributed by atoms with E-state index in [2.05, 4.69) is 39.4 Å². The third-order valence-corrected chi connectivity index (χ3v) is 5.65. The van der Waals surface area contributed by atoms with Crippen LogP contribution in [0.15, 0.2) is 24.3 Å². The van der Waals surface area contributed by atoms with Crippen LogP contribution in [0.1, 0.15) is 44.9 Å². The molecule has 0 saturated carbocycles. The van der Waals surface area contributed by atoms with Crippen LogP contribution in [-0.2, 0) is 0 Å². The summed E-state index contributed by atoms with van der Waals surface area (Å²) in [5, 5.41) is 4.67. The number of aromatic nitrogens is 2. The fraction of sp³-hybridized carbons (Fsp3) is 0.619. The molecule has 3 heterocycles. The number of nitrogens with zero attached hydrogens (tertiary/aromatic N) is 4. The smallest absolute Gasteiger partial charge is 0.225 e. The topological polar surface area (TPSA) is 44.3 Å². The molecular weight excluding hydrogens is 322 g/mol. The Balaban J connectivity index is 1.51.